The van der Waals surface area contributed by atoms with Crippen LogP contribution in [0.1, 0.15) is 29.3 Å². The third-order valence-electron chi connectivity index (χ3n) is 3.14. The van der Waals surface area contributed by atoms with Gasteiger partial charge in [-0.1, -0.05) is 17.7 Å². The maximum Gasteiger partial charge on any atom is 0.272 e. The summed E-state index contributed by atoms with van der Waals surface area (Å²) in [5.41, 5.74) is 4.81. The van der Waals surface area contributed by atoms with Crippen LogP contribution in [0.3, 0.4) is 0 Å². The first-order valence-electron chi connectivity index (χ1n) is 7.25. The molecular weight excluding hydrogens is 328 g/mol. The van der Waals surface area contributed by atoms with Crippen molar-refractivity contribution in [3.05, 3.63) is 58.9 Å². The van der Waals surface area contributed by atoms with Gasteiger partial charge in [0.15, 0.2) is 0 Å². The maximum absolute atomic E-state index is 12.0. The topological polar surface area (TPSA) is 83.5 Å². The second-order valence-corrected chi connectivity index (χ2v) is 5.63. The van der Waals surface area contributed by atoms with Gasteiger partial charge in [-0.15, -0.1) is 0 Å². The summed E-state index contributed by atoms with van der Waals surface area (Å²) >= 11 is 6.02. The largest absolute Gasteiger partial charge is 0.326 e. The van der Waals surface area contributed by atoms with Crippen molar-refractivity contribution < 1.29 is 9.59 Å². The lowest BCUT2D eigenvalue weighted by molar-refractivity contribution is -0.115. The van der Waals surface area contributed by atoms with E-state index < -0.39 is 0 Å². The molecule has 0 bridgehead atoms. The van der Waals surface area contributed by atoms with Gasteiger partial charge in [-0.3, -0.25) is 14.6 Å². The Morgan fingerprint density at radius 3 is 2.75 bits per heavy atom. The normalized spacial score (nSPS) is 11.0. The molecule has 1 aromatic heterocycles. The Morgan fingerprint density at radius 2 is 2.08 bits per heavy atom. The number of pyridine rings is 1. The third kappa shape index (κ3) is 5.17. The molecule has 1 heterocycles. The molecule has 0 fully saturated rings. The molecule has 0 unspecified atom stereocenters. The number of benzene rings is 1. The quantitative estimate of drug-likeness (QED) is 0.645. The number of rotatable bonds is 5. The molecule has 2 amide bonds. The molecule has 2 aromatic rings. The number of aryl methyl sites for hydroxylation is 1. The number of hydrogen-bond donors (Lipinski definition) is 2. The molecule has 1 aromatic carbocycles. The van der Waals surface area contributed by atoms with Crippen molar-refractivity contribution in [2.75, 3.05) is 5.32 Å². The highest BCUT2D eigenvalue weighted by Gasteiger charge is 2.07. The predicted molar refractivity (Wildman–Crippen MR) is 94.2 cm³/mol. The minimum atomic E-state index is -0.381. The van der Waals surface area contributed by atoms with Gasteiger partial charge < -0.3 is 5.32 Å². The van der Waals surface area contributed by atoms with Crippen LogP contribution >= 0.6 is 11.6 Å². The number of nitrogens with zero attached hydrogens (tertiary/aromatic N) is 2. The highest BCUT2D eigenvalue weighted by Crippen LogP contribution is 2.20. The number of halogens is 1. The van der Waals surface area contributed by atoms with Crippen LogP contribution in [0.5, 0.6) is 0 Å². The third-order valence-corrected chi connectivity index (χ3v) is 3.55. The summed E-state index contributed by atoms with van der Waals surface area (Å²) in [6.45, 7) is 3.54. The second-order valence-electron chi connectivity index (χ2n) is 5.22. The van der Waals surface area contributed by atoms with E-state index in [1.807, 2.05) is 13.0 Å². The van der Waals surface area contributed by atoms with E-state index in [9.17, 15) is 9.59 Å². The summed E-state index contributed by atoms with van der Waals surface area (Å²) in [5.74, 6) is -0.625. The van der Waals surface area contributed by atoms with Gasteiger partial charge in [0.05, 0.1) is 12.0 Å². The van der Waals surface area contributed by atoms with Gasteiger partial charge >= 0.3 is 0 Å². The fraction of sp³-hybridized carbons (Fsp3) is 0.176. The minimum absolute atomic E-state index is 0.0544. The van der Waals surface area contributed by atoms with Crippen LogP contribution in [0.2, 0.25) is 5.02 Å². The summed E-state index contributed by atoms with van der Waals surface area (Å²) in [6, 6.07) is 8.57. The van der Waals surface area contributed by atoms with Gasteiger partial charge in [0.1, 0.15) is 0 Å². The molecule has 0 aliphatic carbocycles. The van der Waals surface area contributed by atoms with Crippen molar-refractivity contribution in [3.63, 3.8) is 0 Å². The van der Waals surface area contributed by atoms with E-state index in [0.29, 0.717) is 22.0 Å². The Hall–Kier alpha value is -2.73. The molecule has 0 saturated carbocycles. The summed E-state index contributed by atoms with van der Waals surface area (Å²) in [6.07, 6.45) is 3.07. The van der Waals surface area contributed by atoms with Crippen LogP contribution in [0.15, 0.2) is 47.8 Å². The molecule has 0 aliphatic rings. The van der Waals surface area contributed by atoms with Gasteiger partial charge in [0.25, 0.3) is 5.91 Å². The van der Waals surface area contributed by atoms with Gasteiger partial charge in [0.2, 0.25) is 5.91 Å². The zero-order valence-electron chi connectivity index (χ0n) is 13.3. The van der Waals surface area contributed by atoms with Crippen LogP contribution in [0.4, 0.5) is 5.69 Å². The van der Waals surface area contributed by atoms with Crippen molar-refractivity contribution in [2.24, 2.45) is 5.10 Å². The van der Waals surface area contributed by atoms with Gasteiger partial charge in [0, 0.05) is 28.8 Å². The Balaban J connectivity index is 1.88. The van der Waals surface area contributed by atoms with Crippen molar-refractivity contribution >= 4 is 34.8 Å². The van der Waals surface area contributed by atoms with Crippen molar-refractivity contribution in [1.29, 1.82) is 0 Å². The smallest absolute Gasteiger partial charge is 0.272 e. The zero-order valence-corrected chi connectivity index (χ0v) is 14.1. The second kappa shape index (κ2) is 8.21. The van der Waals surface area contributed by atoms with E-state index in [0.717, 1.165) is 5.56 Å². The maximum atomic E-state index is 12.0. The molecule has 0 atom stereocenters. The predicted octanol–water partition coefficient (Wildman–Crippen LogP) is 3.18. The summed E-state index contributed by atoms with van der Waals surface area (Å²) < 4.78 is 0. The van der Waals surface area contributed by atoms with Crippen molar-refractivity contribution in [2.45, 2.75) is 20.3 Å². The van der Waals surface area contributed by atoms with Crippen LogP contribution < -0.4 is 10.7 Å². The van der Waals surface area contributed by atoms with E-state index in [4.69, 9.17) is 11.6 Å². The highest BCUT2D eigenvalue weighted by atomic mass is 35.5. The van der Waals surface area contributed by atoms with E-state index in [1.165, 1.54) is 6.20 Å². The van der Waals surface area contributed by atoms with E-state index in [2.05, 4.69) is 20.8 Å². The molecule has 24 heavy (non-hydrogen) atoms. The van der Waals surface area contributed by atoms with Crippen LogP contribution in [-0.2, 0) is 4.79 Å². The SMILES string of the molecule is C/C(CC(=O)Nc1ccc(C)c(Cl)c1)=N\NC(=O)c1cccnc1. The van der Waals surface area contributed by atoms with Crippen molar-refractivity contribution in [1.82, 2.24) is 10.4 Å². The molecule has 0 spiro atoms. The van der Waals surface area contributed by atoms with Crippen LogP contribution in [0, 0.1) is 6.92 Å². The summed E-state index contributed by atoms with van der Waals surface area (Å²) in [5, 5.41) is 7.23. The average Bonchev–Trinajstić information content (AvgIpc) is 2.56. The highest BCUT2D eigenvalue weighted by molar-refractivity contribution is 6.31. The van der Waals surface area contributed by atoms with E-state index in [1.54, 1.807) is 37.4 Å². The lowest BCUT2D eigenvalue weighted by atomic mass is 10.2. The standard InChI is InChI=1S/C17H17ClN4O2/c1-11-5-6-14(9-15(11)18)20-16(23)8-12(2)21-22-17(24)13-4-3-7-19-10-13/h3-7,9-10H,8H2,1-2H3,(H,20,23)(H,22,24)/b21-12+. The lowest BCUT2D eigenvalue weighted by Crippen LogP contribution is -2.21. The number of hydrogen-bond acceptors (Lipinski definition) is 4. The Kier molecular flexibility index (Phi) is 6.03. The Bertz CT molecular complexity index is 775. The Labute approximate surface area is 144 Å². The molecule has 7 heteroatoms. The van der Waals surface area contributed by atoms with E-state index >= 15 is 0 Å². The molecule has 0 radical (unpaired) electrons. The summed E-state index contributed by atoms with van der Waals surface area (Å²) in [7, 11) is 0. The van der Waals surface area contributed by atoms with E-state index in [-0.39, 0.29) is 18.2 Å². The molecule has 0 aliphatic heterocycles. The van der Waals surface area contributed by atoms with Gasteiger partial charge in [-0.2, -0.15) is 5.10 Å². The number of carbonyl (C=O) groups is 2. The molecule has 124 valence electrons. The molecular formula is C17H17ClN4O2. The molecule has 2 rings (SSSR count). The first-order valence-corrected chi connectivity index (χ1v) is 7.63. The van der Waals surface area contributed by atoms with Crippen LogP contribution in [0.25, 0.3) is 0 Å². The minimum Gasteiger partial charge on any atom is -0.326 e. The fourth-order valence-corrected chi connectivity index (χ4v) is 2.04. The summed E-state index contributed by atoms with van der Waals surface area (Å²) in [4.78, 5) is 27.7. The van der Waals surface area contributed by atoms with Gasteiger partial charge in [-0.25, -0.2) is 5.43 Å². The lowest BCUT2D eigenvalue weighted by Gasteiger charge is -2.07. The number of aromatic nitrogens is 1. The first kappa shape index (κ1) is 17.6. The number of carbonyl (C=O) groups excluding carboxylic acids is 2. The number of hydrazone groups is 1. The zero-order chi connectivity index (χ0) is 17.5. The average molecular weight is 345 g/mol. The fourth-order valence-electron chi connectivity index (χ4n) is 1.86. The monoisotopic (exact) mass is 344 g/mol. The number of anilines is 1. The first-order chi connectivity index (χ1) is 11.5. The molecule has 0 saturated heterocycles. The molecule has 2 N–H and O–H groups in total. The van der Waals surface area contributed by atoms with Crippen molar-refractivity contribution in [3.8, 4) is 0 Å². The number of nitrogens with one attached hydrogen (secondary N) is 2. The molecule has 6 nitrogen and oxygen atoms in total. The van der Waals surface area contributed by atoms with Gasteiger partial charge in [-0.05, 0) is 43.7 Å². The van der Waals surface area contributed by atoms with Crippen LogP contribution in [-0.4, -0.2) is 22.5 Å². The number of amides is 2. The Morgan fingerprint density at radius 1 is 1.29 bits per heavy atom.